The number of rotatable bonds is 4. The number of hydrogen-bond acceptors (Lipinski definition) is 3. The fourth-order valence-corrected chi connectivity index (χ4v) is 1.74. The molecule has 0 amide bonds. The highest BCUT2D eigenvalue weighted by Crippen LogP contribution is 2.16. The van der Waals surface area contributed by atoms with E-state index in [-0.39, 0.29) is 0 Å². The topological polar surface area (TPSA) is 53.6 Å². The minimum atomic E-state index is -0.407. The summed E-state index contributed by atoms with van der Waals surface area (Å²) in [5.41, 5.74) is 1.95. The number of aryl methyl sites for hydroxylation is 1. The predicted octanol–water partition coefficient (Wildman–Crippen LogP) is 2.53. The van der Waals surface area contributed by atoms with Crippen LogP contribution in [0.1, 0.15) is 18.2 Å². The Morgan fingerprint density at radius 1 is 1.44 bits per heavy atom. The van der Waals surface area contributed by atoms with Crippen LogP contribution in [-0.4, -0.2) is 9.78 Å². The first-order valence-corrected chi connectivity index (χ1v) is 5.68. The Morgan fingerprint density at radius 2 is 2.28 bits per heavy atom. The van der Waals surface area contributed by atoms with Crippen LogP contribution in [0.4, 0.5) is 10.1 Å². The van der Waals surface area contributed by atoms with Gasteiger partial charge in [0.15, 0.2) is 0 Å². The second kappa shape index (κ2) is 5.32. The molecule has 0 aliphatic heterocycles. The fraction of sp³-hybridized carbons (Fsp3) is 0.231. The Hall–Kier alpha value is -2.35. The number of hydrogen-bond donors (Lipinski definition) is 1. The van der Waals surface area contributed by atoms with E-state index in [1.54, 1.807) is 12.3 Å². The maximum atomic E-state index is 13.0. The first-order valence-electron chi connectivity index (χ1n) is 5.68. The van der Waals surface area contributed by atoms with Gasteiger partial charge in [0.05, 0.1) is 23.5 Å². The van der Waals surface area contributed by atoms with E-state index in [9.17, 15) is 4.39 Å². The number of halogens is 1. The van der Waals surface area contributed by atoms with E-state index in [1.165, 1.54) is 12.1 Å². The third kappa shape index (κ3) is 2.48. The summed E-state index contributed by atoms with van der Waals surface area (Å²) in [5.74, 6) is -0.407. The predicted molar refractivity (Wildman–Crippen MR) is 66.3 cm³/mol. The van der Waals surface area contributed by atoms with Crippen LogP contribution in [0, 0.1) is 17.1 Å². The van der Waals surface area contributed by atoms with Crippen LogP contribution in [0.15, 0.2) is 30.5 Å². The van der Waals surface area contributed by atoms with E-state index in [2.05, 4.69) is 10.4 Å². The molecule has 1 N–H and O–H groups in total. The summed E-state index contributed by atoms with van der Waals surface area (Å²) < 4.78 is 14.8. The van der Waals surface area contributed by atoms with Crippen molar-refractivity contribution >= 4 is 5.69 Å². The van der Waals surface area contributed by atoms with Crippen molar-refractivity contribution in [3.05, 3.63) is 47.5 Å². The molecule has 2 aromatic rings. The summed E-state index contributed by atoms with van der Waals surface area (Å²) in [6.07, 6.45) is 1.73. The van der Waals surface area contributed by atoms with Crippen LogP contribution in [0.3, 0.4) is 0 Å². The van der Waals surface area contributed by atoms with Crippen molar-refractivity contribution in [3.63, 3.8) is 0 Å². The van der Waals surface area contributed by atoms with Crippen molar-refractivity contribution in [2.45, 2.75) is 20.0 Å². The van der Waals surface area contributed by atoms with Crippen LogP contribution in [-0.2, 0) is 13.1 Å². The molecule has 0 unspecified atom stereocenters. The molecular formula is C13H13FN4. The molecule has 0 saturated heterocycles. The Morgan fingerprint density at radius 3 is 3.00 bits per heavy atom. The van der Waals surface area contributed by atoms with Gasteiger partial charge >= 0.3 is 0 Å². The van der Waals surface area contributed by atoms with Gasteiger partial charge in [-0.1, -0.05) is 0 Å². The largest absolute Gasteiger partial charge is 0.378 e. The molecule has 1 heterocycles. The van der Waals surface area contributed by atoms with Crippen molar-refractivity contribution in [1.29, 1.82) is 5.26 Å². The molecule has 1 aromatic heterocycles. The van der Waals surface area contributed by atoms with E-state index >= 15 is 0 Å². The highest BCUT2D eigenvalue weighted by molar-refractivity contribution is 5.57. The fourth-order valence-electron chi connectivity index (χ4n) is 1.74. The van der Waals surface area contributed by atoms with E-state index in [1.807, 2.05) is 23.7 Å². The molecule has 0 fully saturated rings. The molecule has 0 radical (unpaired) electrons. The third-order valence-electron chi connectivity index (χ3n) is 2.67. The smallest absolute Gasteiger partial charge is 0.124 e. The summed E-state index contributed by atoms with van der Waals surface area (Å²) in [7, 11) is 0. The van der Waals surface area contributed by atoms with Crippen molar-refractivity contribution in [3.8, 4) is 6.07 Å². The second-order valence-electron chi connectivity index (χ2n) is 3.79. The van der Waals surface area contributed by atoms with Crippen LogP contribution >= 0.6 is 0 Å². The molecule has 2 rings (SSSR count). The maximum absolute atomic E-state index is 13.0. The van der Waals surface area contributed by atoms with Gasteiger partial charge < -0.3 is 5.32 Å². The van der Waals surface area contributed by atoms with Gasteiger partial charge in [0, 0.05) is 12.7 Å². The molecule has 1 aromatic carbocycles. The summed E-state index contributed by atoms with van der Waals surface area (Å²) in [4.78, 5) is 0. The quantitative estimate of drug-likeness (QED) is 0.899. The van der Waals surface area contributed by atoms with Crippen molar-refractivity contribution in [1.82, 2.24) is 9.78 Å². The number of aromatic nitrogens is 2. The highest BCUT2D eigenvalue weighted by atomic mass is 19.1. The molecule has 5 heteroatoms. The van der Waals surface area contributed by atoms with Crippen LogP contribution in [0.5, 0.6) is 0 Å². The summed E-state index contributed by atoms with van der Waals surface area (Å²) in [6, 6.07) is 8.00. The molecule has 92 valence electrons. The minimum Gasteiger partial charge on any atom is -0.378 e. The first-order chi connectivity index (χ1) is 8.74. The van der Waals surface area contributed by atoms with Gasteiger partial charge in [0.25, 0.3) is 0 Å². The monoisotopic (exact) mass is 244 g/mol. The Kier molecular flexibility index (Phi) is 3.58. The van der Waals surface area contributed by atoms with Gasteiger partial charge in [-0.05, 0) is 31.2 Å². The Labute approximate surface area is 105 Å². The lowest BCUT2D eigenvalue weighted by molar-refractivity contribution is 0.625. The molecular weight excluding hydrogens is 231 g/mol. The number of nitrogens with zero attached hydrogens (tertiary/aromatic N) is 3. The van der Waals surface area contributed by atoms with Gasteiger partial charge in [0.2, 0.25) is 0 Å². The SMILES string of the molecule is CCn1nccc1CNc1ccc(F)cc1C#N. The lowest BCUT2D eigenvalue weighted by atomic mass is 10.2. The molecule has 0 aliphatic carbocycles. The molecule has 0 saturated carbocycles. The Balaban J connectivity index is 2.14. The van der Waals surface area contributed by atoms with Gasteiger partial charge in [-0.15, -0.1) is 0 Å². The second-order valence-corrected chi connectivity index (χ2v) is 3.79. The minimum absolute atomic E-state index is 0.303. The molecule has 0 spiro atoms. The van der Waals surface area contributed by atoms with Crippen molar-refractivity contribution < 1.29 is 4.39 Å². The number of nitriles is 1. The van der Waals surface area contributed by atoms with Gasteiger partial charge in [-0.3, -0.25) is 4.68 Å². The first kappa shape index (κ1) is 12.1. The molecule has 0 bridgehead atoms. The lowest BCUT2D eigenvalue weighted by Crippen LogP contribution is -2.08. The van der Waals surface area contributed by atoms with Crippen LogP contribution in [0.25, 0.3) is 0 Å². The average Bonchev–Trinajstić information content (AvgIpc) is 2.84. The molecule has 18 heavy (non-hydrogen) atoms. The zero-order chi connectivity index (χ0) is 13.0. The number of nitrogens with one attached hydrogen (secondary N) is 1. The third-order valence-corrected chi connectivity index (χ3v) is 2.67. The van der Waals surface area contributed by atoms with E-state index in [0.29, 0.717) is 17.8 Å². The van der Waals surface area contributed by atoms with Crippen LogP contribution in [0.2, 0.25) is 0 Å². The lowest BCUT2D eigenvalue weighted by Gasteiger charge is -2.09. The molecule has 0 aliphatic rings. The molecule has 4 nitrogen and oxygen atoms in total. The number of benzene rings is 1. The van der Waals surface area contributed by atoms with E-state index in [4.69, 9.17) is 5.26 Å². The van der Waals surface area contributed by atoms with Gasteiger partial charge in [-0.25, -0.2) is 4.39 Å². The van der Waals surface area contributed by atoms with E-state index in [0.717, 1.165) is 12.2 Å². The van der Waals surface area contributed by atoms with Crippen molar-refractivity contribution in [2.75, 3.05) is 5.32 Å². The summed E-state index contributed by atoms with van der Waals surface area (Å²) >= 11 is 0. The van der Waals surface area contributed by atoms with Gasteiger partial charge in [-0.2, -0.15) is 10.4 Å². The van der Waals surface area contributed by atoms with Gasteiger partial charge in [0.1, 0.15) is 11.9 Å². The Bertz CT molecular complexity index is 583. The average molecular weight is 244 g/mol. The zero-order valence-electron chi connectivity index (χ0n) is 10.0. The summed E-state index contributed by atoms with van der Waals surface area (Å²) in [6.45, 7) is 3.35. The van der Waals surface area contributed by atoms with E-state index < -0.39 is 5.82 Å². The zero-order valence-corrected chi connectivity index (χ0v) is 10.0. The standard InChI is InChI=1S/C13H13FN4/c1-2-18-12(5-6-17-18)9-16-13-4-3-11(14)7-10(13)8-15/h3-7,16H,2,9H2,1H3. The normalized spacial score (nSPS) is 10.1. The summed E-state index contributed by atoms with van der Waals surface area (Å²) in [5, 5.41) is 16.2. The highest BCUT2D eigenvalue weighted by Gasteiger charge is 2.05. The molecule has 0 atom stereocenters. The van der Waals surface area contributed by atoms with Crippen molar-refractivity contribution in [2.24, 2.45) is 0 Å². The maximum Gasteiger partial charge on any atom is 0.124 e. The number of anilines is 1. The van der Waals surface area contributed by atoms with Crippen LogP contribution < -0.4 is 5.32 Å².